The van der Waals surface area contributed by atoms with E-state index in [0.717, 1.165) is 25.9 Å². The smallest absolute Gasteiger partial charge is 0.0701 e. The second kappa shape index (κ2) is 6.89. The predicted octanol–water partition coefficient (Wildman–Crippen LogP) is 1.68. The number of nitrogens with zero attached hydrogens (tertiary/aromatic N) is 1. The highest BCUT2D eigenvalue weighted by atomic mass is 16.5. The Hall–Kier alpha value is -1.10. The summed E-state index contributed by atoms with van der Waals surface area (Å²) >= 11 is 0. The third-order valence-corrected chi connectivity index (χ3v) is 3.67. The zero-order valence-corrected chi connectivity index (χ0v) is 11.6. The van der Waals surface area contributed by atoms with E-state index in [4.69, 9.17) is 15.6 Å². The van der Waals surface area contributed by atoms with Crippen molar-refractivity contribution in [1.29, 1.82) is 0 Å². The molecule has 2 rings (SSSR count). The van der Waals surface area contributed by atoms with E-state index in [1.807, 2.05) is 6.92 Å². The van der Waals surface area contributed by atoms with Crippen LogP contribution in [-0.4, -0.2) is 37.5 Å². The van der Waals surface area contributed by atoms with Crippen molar-refractivity contribution >= 4 is 5.69 Å². The highest BCUT2D eigenvalue weighted by Crippen LogP contribution is 2.23. The van der Waals surface area contributed by atoms with Gasteiger partial charge in [-0.15, -0.1) is 0 Å². The van der Waals surface area contributed by atoms with Crippen molar-refractivity contribution < 1.29 is 9.84 Å². The molecule has 1 aromatic carbocycles. The zero-order chi connectivity index (χ0) is 13.7. The first-order valence-corrected chi connectivity index (χ1v) is 7.03. The van der Waals surface area contributed by atoms with Crippen molar-refractivity contribution in [1.82, 2.24) is 0 Å². The first-order valence-electron chi connectivity index (χ1n) is 7.03. The second-order valence-corrected chi connectivity index (χ2v) is 5.16. The molecule has 0 aliphatic carbocycles. The van der Waals surface area contributed by atoms with Crippen molar-refractivity contribution in [3.05, 3.63) is 29.8 Å². The first kappa shape index (κ1) is 14.3. The molecule has 1 aliphatic rings. The van der Waals surface area contributed by atoms with Gasteiger partial charge < -0.3 is 20.5 Å². The Morgan fingerprint density at radius 1 is 1.32 bits per heavy atom. The van der Waals surface area contributed by atoms with Gasteiger partial charge in [0.05, 0.1) is 19.3 Å². The van der Waals surface area contributed by atoms with Crippen LogP contribution in [0.2, 0.25) is 0 Å². The second-order valence-electron chi connectivity index (χ2n) is 5.16. The molecule has 0 radical (unpaired) electrons. The number of aliphatic hydroxyl groups excluding tert-OH is 1. The maximum atomic E-state index is 8.75. The van der Waals surface area contributed by atoms with Gasteiger partial charge in [0.25, 0.3) is 0 Å². The van der Waals surface area contributed by atoms with Crippen LogP contribution in [0.15, 0.2) is 24.3 Å². The van der Waals surface area contributed by atoms with Gasteiger partial charge in [-0.25, -0.2) is 0 Å². The van der Waals surface area contributed by atoms with Crippen molar-refractivity contribution in [2.24, 2.45) is 5.73 Å². The molecule has 1 atom stereocenters. The number of aliphatic hydroxyl groups is 1. The maximum absolute atomic E-state index is 8.75. The molecule has 1 heterocycles. The van der Waals surface area contributed by atoms with E-state index in [-0.39, 0.29) is 12.6 Å². The van der Waals surface area contributed by atoms with E-state index in [0.29, 0.717) is 12.7 Å². The fraction of sp³-hybridized carbons (Fsp3) is 0.600. The lowest BCUT2D eigenvalue weighted by molar-refractivity contribution is 0.0159. The summed E-state index contributed by atoms with van der Waals surface area (Å²) in [4.78, 5) is 2.38. The topological polar surface area (TPSA) is 58.7 Å². The van der Waals surface area contributed by atoms with E-state index < -0.39 is 0 Å². The lowest BCUT2D eigenvalue weighted by atomic mass is 10.1. The standard InChI is InChI=1S/C15H24N2O2/c1-12(16)13-2-4-14(5-3-13)17-8-6-15(7-9-17)19-11-10-18/h2-5,12,15,18H,6-11,16H2,1H3/t12-/m0/s1. The number of hydrogen-bond donors (Lipinski definition) is 2. The summed E-state index contributed by atoms with van der Waals surface area (Å²) in [6.07, 6.45) is 2.34. The Morgan fingerprint density at radius 3 is 2.47 bits per heavy atom. The number of anilines is 1. The van der Waals surface area contributed by atoms with Crippen LogP contribution in [-0.2, 0) is 4.74 Å². The summed E-state index contributed by atoms with van der Waals surface area (Å²) in [5.74, 6) is 0. The minimum Gasteiger partial charge on any atom is -0.394 e. The van der Waals surface area contributed by atoms with Gasteiger partial charge in [-0.05, 0) is 37.5 Å². The minimum absolute atomic E-state index is 0.0895. The van der Waals surface area contributed by atoms with Crippen LogP contribution in [0.1, 0.15) is 31.4 Å². The van der Waals surface area contributed by atoms with Crippen molar-refractivity contribution in [2.45, 2.75) is 31.9 Å². The summed E-state index contributed by atoms with van der Waals surface area (Å²) in [6, 6.07) is 8.59. The van der Waals surface area contributed by atoms with Crippen LogP contribution in [0.3, 0.4) is 0 Å². The summed E-state index contributed by atoms with van der Waals surface area (Å²) in [7, 11) is 0. The number of nitrogens with two attached hydrogens (primary N) is 1. The summed E-state index contributed by atoms with van der Waals surface area (Å²) in [6.45, 7) is 4.58. The van der Waals surface area contributed by atoms with Crippen molar-refractivity contribution in [3.63, 3.8) is 0 Å². The third kappa shape index (κ3) is 3.93. The average Bonchev–Trinajstić information content (AvgIpc) is 2.46. The molecule has 0 spiro atoms. The molecule has 4 nitrogen and oxygen atoms in total. The van der Waals surface area contributed by atoms with Gasteiger partial charge in [-0.1, -0.05) is 12.1 Å². The van der Waals surface area contributed by atoms with Gasteiger partial charge in [0.2, 0.25) is 0 Å². The Balaban J connectivity index is 1.87. The molecule has 19 heavy (non-hydrogen) atoms. The quantitative estimate of drug-likeness (QED) is 0.849. The number of piperidine rings is 1. The molecule has 0 bridgehead atoms. The number of benzene rings is 1. The van der Waals surface area contributed by atoms with Crippen LogP contribution in [0.25, 0.3) is 0 Å². The number of rotatable bonds is 5. The van der Waals surface area contributed by atoms with Crippen molar-refractivity contribution in [3.8, 4) is 0 Å². The summed E-state index contributed by atoms with van der Waals surface area (Å²) in [5, 5.41) is 8.75. The van der Waals surface area contributed by atoms with E-state index in [1.54, 1.807) is 0 Å². The number of ether oxygens (including phenoxy) is 1. The Morgan fingerprint density at radius 2 is 1.95 bits per heavy atom. The van der Waals surface area contributed by atoms with Crippen LogP contribution < -0.4 is 10.6 Å². The molecule has 1 aromatic rings. The summed E-state index contributed by atoms with van der Waals surface area (Å²) < 4.78 is 5.57. The monoisotopic (exact) mass is 264 g/mol. The Labute approximate surface area is 115 Å². The molecule has 0 amide bonds. The van der Waals surface area contributed by atoms with Crippen LogP contribution in [0.4, 0.5) is 5.69 Å². The molecule has 0 unspecified atom stereocenters. The average molecular weight is 264 g/mol. The molecule has 0 aromatic heterocycles. The fourth-order valence-corrected chi connectivity index (χ4v) is 2.49. The molecule has 1 aliphatic heterocycles. The fourth-order valence-electron chi connectivity index (χ4n) is 2.49. The molecular formula is C15H24N2O2. The van der Waals surface area contributed by atoms with E-state index in [2.05, 4.69) is 29.2 Å². The maximum Gasteiger partial charge on any atom is 0.0701 e. The van der Waals surface area contributed by atoms with Gasteiger partial charge in [0.1, 0.15) is 0 Å². The molecule has 3 N–H and O–H groups in total. The van der Waals surface area contributed by atoms with Gasteiger partial charge in [-0.2, -0.15) is 0 Å². The van der Waals surface area contributed by atoms with Gasteiger partial charge in [-0.3, -0.25) is 0 Å². The van der Waals surface area contributed by atoms with Gasteiger partial charge >= 0.3 is 0 Å². The summed E-state index contributed by atoms with van der Waals surface area (Å²) in [5.41, 5.74) is 8.28. The van der Waals surface area contributed by atoms with E-state index in [9.17, 15) is 0 Å². The SMILES string of the molecule is C[C@H](N)c1ccc(N2CCC(OCCO)CC2)cc1. The van der Waals surface area contributed by atoms with E-state index in [1.165, 1.54) is 11.3 Å². The molecule has 1 saturated heterocycles. The lowest BCUT2D eigenvalue weighted by Crippen LogP contribution is -2.37. The number of hydrogen-bond acceptors (Lipinski definition) is 4. The lowest BCUT2D eigenvalue weighted by Gasteiger charge is -2.33. The Bertz CT molecular complexity index is 370. The predicted molar refractivity (Wildman–Crippen MR) is 77.3 cm³/mol. The third-order valence-electron chi connectivity index (χ3n) is 3.67. The first-order chi connectivity index (χ1) is 9.20. The highest BCUT2D eigenvalue weighted by Gasteiger charge is 2.19. The molecular weight excluding hydrogens is 240 g/mol. The van der Waals surface area contributed by atoms with Crippen LogP contribution >= 0.6 is 0 Å². The molecule has 106 valence electrons. The molecule has 4 heteroatoms. The minimum atomic E-state index is 0.0895. The molecule has 1 fully saturated rings. The van der Waals surface area contributed by atoms with Gasteiger partial charge in [0, 0.05) is 24.8 Å². The van der Waals surface area contributed by atoms with Crippen molar-refractivity contribution in [2.75, 3.05) is 31.2 Å². The Kier molecular flexibility index (Phi) is 5.19. The zero-order valence-electron chi connectivity index (χ0n) is 11.6. The van der Waals surface area contributed by atoms with E-state index >= 15 is 0 Å². The largest absolute Gasteiger partial charge is 0.394 e. The normalized spacial score (nSPS) is 18.6. The van der Waals surface area contributed by atoms with Crippen LogP contribution in [0, 0.1) is 0 Å². The van der Waals surface area contributed by atoms with Gasteiger partial charge in [0.15, 0.2) is 0 Å². The molecule has 0 saturated carbocycles. The highest BCUT2D eigenvalue weighted by molar-refractivity contribution is 5.48. The van der Waals surface area contributed by atoms with Crippen LogP contribution in [0.5, 0.6) is 0 Å².